The summed E-state index contributed by atoms with van der Waals surface area (Å²) in [5, 5.41) is 5.76. The zero-order chi connectivity index (χ0) is 25.1. The minimum Gasteiger partial charge on any atom is -0.464 e. The van der Waals surface area contributed by atoms with Gasteiger partial charge in [-0.15, -0.1) is 0 Å². The van der Waals surface area contributed by atoms with Crippen LogP contribution in [0.3, 0.4) is 0 Å². The maximum Gasteiger partial charge on any atom is 0.409 e. The molecule has 0 aliphatic carbocycles. The van der Waals surface area contributed by atoms with E-state index in [9.17, 15) is 14.4 Å². The van der Waals surface area contributed by atoms with Gasteiger partial charge in [-0.2, -0.15) is 0 Å². The van der Waals surface area contributed by atoms with Crippen LogP contribution in [0.5, 0.6) is 0 Å². The summed E-state index contributed by atoms with van der Waals surface area (Å²) >= 11 is 6.08. The van der Waals surface area contributed by atoms with Gasteiger partial charge >= 0.3 is 18.2 Å². The Balaban J connectivity index is 1.88. The highest BCUT2D eigenvalue weighted by Gasteiger charge is 2.21. The number of aryl methyl sites for hydroxylation is 1. The standard InChI is InChI=1S/C23H30ClN3O7/c1-23(2,3)34-22(30)27-18(26-21(29)33-13-15-9-5-6-10-16(15)24)11-7-8-12-19-25-17(14-32-19)20(28)31-4/h5-6,9-10,14,18H,7-8,11-13H2,1-4H3,(H,26,29)(H,27,30). The molecule has 34 heavy (non-hydrogen) atoms. The minimum absolute atomic E-state index is 0.0165. The van der Waals surface area contributed by atoms with Gasteiger partial charge in [-0.1, -0.05) is 29.8 Å². The van der Waals surface area contributed by atoms with E-state index in [1.54, 1.807) is 45.0 Å². The molecule has 0 fully saturated rings. The van der Waals surface area contributed by atoms with Crippen molar-refractivity contribution >= 4 is 29.8 Å². The molecular weight excluding hydrogens is 466 g/mol. The Kier molecular flexibility index (Phi) is 10.2. The molecule has 186 valence electrons. The van der Waals surface area contributed by atoms with Crippen LogP contribution in [0.1, 0.15) is 62.0 Å². The van der Waals surface area contributed by atoms with E-state index in [0.29, 0.717) is 42.2 Å². The topological polar surface area (TPSA) is 129 Å². The third kappa shape index (κ3) is 9.70. The largest absolute Gasteiger partial charge is 0.464 e. The Morgan fingerprint density at radius 1 is 1.12 bits per heavy atom. The number of esters is 1. The Bertz CT molecular complexity index is 971. The fourth-order valence-electron chi connectivity index (χ4n) is 2.82. The van der Waals surface area contributed by atoms with Gasteiger partial charge < -0.3 is 29.3 Å². The second-order valence-electron chi connectivity index (χ2n) is 8.37. The molecule has 1 unspecified atom stereocenters. The predicted octanol–water partition coefficient (Wildman–Crippen LogP) is 4.60. The first-order valence-electron chi connectivity index (χ1n) is 10.8. The van der Waals surface area contributed by atoms with Gasteiger partial charge in [-0.25, -0.2) is 19.4 Å². The number of unbranched alkanes of at least 4 members (excludes halogenated alkanes) is 1. The van der Waals surface area contributed by atoms with Crippen LogP contribution in [-0.4, -0.2) is 42.0 Å². The quantitative estimate of drug-likeness (QED) is 0.211. The minimum atomic E-state index is -0.733. The summed E-state index contributed by atoms with van der Waals surface area (Å²) in [5.74, 6) is -0.180. The Hall–Kier alpha value is -3.27. The summed E-state index contributed by atoms with van der Waals surface area (Å²) in [6, 6.07) is 7.02. The van der Waals surface area contributed by atoms with Crippen LogP contribution in [0.2, 0.25) is 5.02 Å². The van der Waals surface area contributed by atoms with Crippen molar-refractivity contribution in [2.24, 2.45) is 0 Å². The molecule has 0 radical (unpaired) electrons. The van der Waals surface area contributed by atoms with Gasteiger partial charge in [0.05, 0.1) is 7.11 Å². The van der Waals surface area contributed by atoms with E-state index in [4.69, 9.17) is 25.5 Å². The lowest BCUT2D eigenvalue weighted by molar-refractivity contribution is 0.0487. The highest BCUT2D eigenvalue weighted by atomic mass is 35.5. The maximum atomic E-state index is 12.3. The lowest BCUT2D eigenvalue weighted by Gasteiger charge is -2.24. The van der Waals surface area contributed by atoms with Crippen molar-refractivity contribution in [3.8, 4) is 0 Å². The average Bonchev–Trinajstić information content (AvgIpc) is 3.23. The number of halogens is 1. The number of benzene rings is 1. The summed E-state index contributed by atoms with van der Waals surface area (Å²) < 4.78 is 20.4. The van der Waals surface area contributed by atoms with Crippen molar-refractivity contribution in [2.75, 3.05) is 7.11 Å². The number of rotatable bonds is 10. The van der Waals surface area contributed by atoms with Crippen LogP contribution < -0.4 is 10.6 Å². The van der Waals surface area contributed by atoms with Gasteiger partial charge in [0, 0.05) is 17.0 Å². The van der Waals surface area contributed by atoms with E-state index in [1.165, 1.54) is 13.4 Å². The van der Waals surface area contributed by atoms with Crippen molar-refractivity contribution < 1.29 is 33.0 Å². The summed E-state index contributed by atoms with van der Waals surface area (Å²) in [6.07, 6.45) is 1.22. The number of carbonyl (C=O) groups is 3. The molecule has 11 heteroatoms. The number of methoxy groups -OCH3 is 1. The number of aromatic nitrogens is 1. The third-order valence-corrected chi connectivity index (χ3v) is 4.75. The predicted molar refractivity (Wildman–Crippen MR) is 123 cm³/mol. The Morgan fingerprint density at radius 3 is 2.50 bits per heavy atom. The molecule has 2 N–H and O–H groups in total. The molecule has 0 aliphatic rings. The molecular formula is C23H30ClN3O7. The second kappa shape index (κ2) is 12.8. The third-order valence-electron chi connectivity index (χ3n) is 4.38. The van der Waals surface area contributed by atoms with Gasteiger partial charge in [0.2, 0.25) is 0 Å². The summed E-state index contributed by atoms with van der Waals surface area (Å²) in [7, 11) is 1.26. The van der Waals surface area contributed by atoms with Crippen LogP contribution in [0.25, 0.3) is 0 Å². The zero-order valence-electron chi connectivity index (χ0n) is 19.7. The maximum absolute atomic E-state index is 12.3. The molecule has 0 spiro atoms. The SMILES string of the molecule is COC(=O)c1coc(CCCCC(NC(=O)OCc2ccccc2Cl)NC(=O)OC(C)(C)C)n1. The summed E-state index contributed by atoms with van der Waals surface area (Å²) in [4.78, 5) is 40.0. The van der Waals surface area contributed by atoms with Crippen molar-refractivity contribution in [1.82, 2.24) is 15.6 Å². The Morgan fingerprint density at radius 2 is 1.82 bits per heavy atom. The van der Waals surface area contributed by atoms with Gasteiger partial charge in [0.15, 0.2) is 11.6 Å². The molecule has 1 aromatic carbocycles. The van der Waals surface area contributed by atoms with Crippen molar-refractivity contribution in [3.05, 3.63) is 52.7 Å². The van der Waals surface area contributed by atoms with Crippen LogP contribution >= 0.6 is 11.6 Å². The van der Waals surface area contributed by atoms with Gasteiger partial charge in [-0.3, -0.25) is 0 Å². The van der Waals surface area contributed by atoms with E-state index in [0.717, 1.165) is 0 Å². The molecule has 1 atom stereocenters. The van der Waals surface area contributed by atoms with E-state index < -0.39 is 29.9 Å². The molecule has 2 rings (SSSR count). The number of ether oxygens (including phenoxy) is 3. The Labute approximate surface area is 203 Å². The number of carbonyl (C=O) groups excluding carboxylic acids is 3. The molecule has 1 aromatic heterocycles. The monoisotopic (exact) mass is 495 g/mol. The van der Waals surface area contributed by atoms with Gasteiger partial charge in [0.25, 0.3) is 0 Å². The van der Waals surface area contributed by atoms with Crippen LogP contribution in [0.15, 0.2) is 34.9 Å². The van der Waals surface area contributed by atoms with Crippen LogP contribution in [0, 0.1) is 0 Å². The molecule has 0 bridgehead atoms. The first kappa shape index (κ1) is 27.0. The zero-order valence-corrected chi connectivity index (χ0v) is 20.4. The number of oxazole rings is 1. The van der Waals surface area contributed by atoms with E-state index in [2.05, 4.69) is 20.4 Å². The molecule has 0 saturated carbocycles. The number of amides is 2. The number of nitrogens with one attached hydrogen (secondary N) is 2. The van der Waals surface area contributed by atoms with Crippen LogP contribution in [0.4, 0.5) is 9.59 Å². The molecule has 10 nitrogen and oxygen atoms in total. The number of hydrogen-bond acceptors (Lipinski definition) is 8. The van der Waals surface area contributed by atoms with E-state index >= 15 is 0 Å². The summed E-state index contributed by atoms with van der Waals surface area (Å²) in [6.45, 7) is 5.21. The lowest BCUT2D eigenvalue weighted by Crippen LogP contribution is -2.49. The van der Waals surface area contributed by atoms with E-state index in [-0.39, 0.29) is 12.3 Å². The molecule has 2 amide bonds. The second-order valence-corrected chi connectivity index (χ2v) is 8.78. The molecule has 0 saturated heterocycles. The fraction of sp³-hybridized carbons (Fsp3) is 0.478. The molecule has 2 aromatic rings. The number of hydrogen-bond donors (Lipinski definition) is 2. The van der Waals surface area contributed by atoms with Crippen molar-refractivity contribution in [1.29, 1.82) is 0 Å². The smallest absolute Gasteiger partial charge is 0.409 e. The number of nitrogens with zero attached hydrogens (tertiary/aromatic N) is 1. The van der Waals surface area contributed by atoms with Crippen molar-refractivity contribution in [3.63, 3.8) is 0 Å². The molecule has 1 heterocycles. The van der Waals surface area contributed by atoms with Crippen molar-refractivity contribution in [2.45, 2.75) is 64.8 Å². The summed E-state index contributed by atoms with van der Waals surface area (Å²) in [5.41, 5.74) is 0.0692. The van der Waals surface area contributed by atoms with Crippen LogP contribution in [-0.2, 0) is 27.2 Å². The lowest BCUT2D eigenvalue weighted by atomic mass is 10.1. The van der Waals surface area contributed by atoms with E-state index in [1.807, 2.05) is 0 Å². The highest BCUT2D eigenvalue weighted by molar-refractivity contribution is 6.31. The normalized spacial score (nSPS) is 11.9. The highest BCUT2D eigenvalue weighted by Crippen LogP contribution is 2.16. The first-order chi connectivity index (χ1) is 16.1. The fourth-order valence-corrected chi connectivity index (χ4v) is 3.01. The average molecular weight is 496 g/mol. The number of alkyl carbamates (subject to hydrolysis) is 2. The van der Waals surface area contributed by atoms with Gasteiger partial charge in [-0.05, 0) is 46.1 Å². The first-order valence-corrected chi connectivity index (χ1v) is 11.1. The van der Waals surface area contributed by atoms with Gasteiger partial charge in [0.1, 0.15) is 24.6 Å². The molecule has 0 aliphatic heterocycles.